The second-order valence-electron chi connectivity index (χ2n) is 8.72. The van der Waals surface area contributed by atoms with E-state index in [-0.39, 0.29) is 6.04 Å². The van der Waals surface area contributed by atoms with Crippen molar-refractivity contribution < 1.29 is 0 Å². The molecule has 0 bridgehead atoms. The fraction of sp³-hybridized carbons (Fsp3) is 0.609. The second-order valence-corrected chi connectivity index (χ2v) is 8.72. The normalized spacial score (nSPS) is 16.4. The number of nitrogens with zero attached hydrogens (tertiary/aromatic N) is 4. The molecule has 1 heterocycles. The van der Waals surface area contributed by atoms with Gasteiger partial charge >= 0.3 is 0 Å². The van der Waals surface area contributed by atoms with Crippen molar-refractivity contribution >= 4 is 5.96 Å². The summed E-state index contributed by atoms with van der Waals surface area (Å²) in [5, 5.41) is 15.6. The fourth-order valence-electron chi connectivity index (χ4n) is 3.84. The van der Waals surface area contributed by atoms with Gasteiger partial charge in [0.15, 0.2) is 11.8 Å². The molecule has 0 radical (unpaired) electrons. The number of aryl methyl sites for hydroxylation is 1. The van der Waals surface area contributed by atoms with Crippen LogP contribution in [0.4, 0.5) is 0 Å². The summed E-state index contributed by atoms with van der Waals surface area (Å²) in [5.74, 6) is 3.32. The molecule has 1 aliphatic carbocycles. The average molecular weight is 397 g/mol. The van der Waals surface area contributed by atoms with Crippen LogP contribution in [0, 0.1) is 12.8 Å². The number of aromatic nitrogens is 3. The van der Waals surface area contributed by atoms with E-state index in [4.69, 9.17) is 4.99 Å². The summed E-state index contributed by atoms with van der Waals surface area (Å²) >= 11 is 0. The molecule has 0 amide bonds. The van der Waals surface area contributed by atoms with E-state index in [1.54, 1.807) is 0 Å². The molecular formula is C23H36N6. The molecule has 1 aromatic carbocycles. The van der Waals surface area contributed by atoms with E-state index < -0.39 is 0 Å². The van der Waals surface area contributed by atoms with Gasteiger partial charge in [0.05, 0.1) is 6.04 Å². The monoisotopic (exact) mass is 396 g/mol. The zero-order valence-electron chi connectivity index (χ0n) is 18.6. The van der Waals surface area contributed by atoms with Crippen molar-refractivity contribution in [3.63, 3.8) is 0 Å². The predicted molar refractivity (Wildman–Crippen MR) is 119 cm³/mol. The SMILES string of the molecule is Cc1nnc(CN=C(NC2CCCC2)NC(C)c2ccc(CC(C)C)cc2)n1C. The van der Waals surface area contributed by atoms with Gasteiger partial charge in [-0.05, 0) is 50.2 Å². The van der Waals surface area contributed by atoms with Crippen LogP contribution in [-0.4, -0.2) is 26.8 Å². The molecule has 0 spiro atoms. The number of hydrogen-bond acceptors (Lipinski definition) is 3. The van der Waals surface area contributed by atoms with Crippen LogP contribution >= 0.6 is 0 Å². The highest BCUT2D eigenvalue weighted by Gasteiger charge is 2.18. The summed E-state index contributed by atoms with van der Waals surface area (Å²) in [6.07, 6.45) is 6.12. The molecular weight excluding hydrogens is 360 g/mol. The van der Waals surface area contributed by atoms with Crippen LogP contribution in [-0.2, 0) is 20.0 Å². The number of nitrogens with one attached hydrogen (secondary N) is 2. The lowest BCUT2D eigenvalue weighted by molar-refractivity contribution is 0.592. The number of aliphatic imine (C=N–C) groups is 1. The number of benzene rings is 1. The molecule has 2 N–H and O–H groups in total. The number of guanidine groups is 1. The van der Waals surface area contributed by atoms with E-state index in [0.29, 0.717) is 18.5 Å². The first-order chi connectivity index (χ1) is 13.9. The lowest BCUT2D eigenvalue weighted by Gasteiger charge is -2.22. The van der Waals surface area contributed by atoms with Gasteiger partial charge in [-0.3, -0.25) is 0 Å². The largest absolute Gasteiger partial charge is 0.354 e. The van der Waals surface area contributed by atoms with Crippen LogP contribution < -0.4 is 10.6 Å². The van der Waals surface area contributed by atoms with Crippen LogP contribution in [0.25, 0.3) is 0 Å². The van der Waals surface area contributed by atoms with Gasteiger partial charge in [0.25, 0.3) is 0 Å². The van der Waals surface area contributed by atoms with Gasteiger partial charge in [0.1, 0.15) is 12.4 Å². The minimum atomic E-state index is 0.178. The van der Waals surface area contributed by atoms with Crippen LogP contribution in [0.2, 0.25) is 0 Å². The first kappa shape index (κ1) is 21.3. The van der Waals surface area contributed by atoms with E-state index in [2.05, 4.69) is 65.9 Å². The van der Waals surface area contributed by atoms with E-state index in [1.165, 1.54) is 36.8 Å². The Morgan fingerprint density at radius 2 is 1.83 bits per heavy atom. The van der Waals surface area contributed by atoms with Crippen LogP contribution in [0.5, 0.6) is 0 Å². The molecule has 1 unspecified atom stereocenters. The maximum Gasteiger partial charge on any atom is 0.192 e. The zero-order valence-corrected chi connectivity index (χ0v) is 18.6. The molecule has 6 heteroatoms. The molecule has 0 aliphatic heterocycles. The van der Waals surface area contributed by atoms with Crippen molar-refractivity contribution in [2.75, 3.05) is 0 Å². The van der Waals surface area contributed by atoms with Crippen molar-refractivity contribution in [1.82, 2.24) is 25.4 Å². The molecule has 158 valence electrons. The topological polar surface area (TPSA) is 67.1 Å². The van der Waals surface area contributed by atoms with Crippen molar-refractivity contribution in [2.24, 2.45) is 18.0 Å². The van der Waals surface area contributed by atoms with Crippen LogP contribution in [0.3, 0.4) is 0 Å². The standard InChI is InChI=1S/C23H36N6/c1-16(2)14-19-10-12-20(13-11-19)17(3)25-23(26-21-8-6-7-9-21)24-15-22-28-27-18(4)29(22)5/h10-13,16-17,21H,6-9,14-15H2,1-5H3,(H2,24,25,26). The highest BCUT2D eigenvalue weighted by molar-refractivity contribution is 5.80. The van der Waals surface area contributed by atoms with Crippen molar-refractivity contribution in [2.45, 2.75) is 78.4 Å². The first-order valence-corrected chi connectivity index (χ1v) is 10.9. The van der Waals surface area contributed by atoms with Gasteiger partial charge in [-0.25, -0.2) is 4.99 Å². The summed E-state index contributed by atoms with van der Waals surface area (Å²) in [6.45, 7) is 9.18. The molecule has 6 nitrogen and oxygen atoms in total. The fourth-order valence-corrected chi connectivity index (χ4v) is 3.84. The van der Waals surface area contributed by atoms with Gasteiger partial charge in [0.2, 0.25) is 0 Å². The van der Waals surface area contributed by atoms with Crippen molar-refractivity contribution in [1.29, 1.82) is 0 Å². The van der Waals surface area contributed by atoms with Gasteiger partial charge in [-0.2, -0.15) is 0 Å². The van der Waals surface area contributed by atoms with Crippen molar-refractivity contribution in [3.8, 4) is 0 Å². The van der Waals surface area contributed by atoms with E-state index in [1.807, 2.05) is 18.5 Å². The number of hydrogen-bond donors (Lipinski definition) is 2. The van der Waals surface area contributed by atoms with Crippen LogP contribution in [0.1, 0.15) is 75.3 Å². The maximum atomic E-state index is 4.83. The molecule has 29 heavy (non-hydrogen) atoms. The van der Waals surface area contributed by atoms with E-state index in [9.17, 15) is 0 Å². The highest BCUT2D eigenvalue weighted by atomic mass is 15.3. The maximum absolute atomic E-state index is 4.83. The molecule has 1 aliphatic rings. The molecule has 1 fully saturated rings. The summed E-state index contributed by atoms with van der Waals surface area (Å²) in [4.78, 5) is 4.83. The van der Waals surface area contributed by atoms with Gasteiger partial charge < -0.3 is 15.2 Å². The Morgan fingerprint density at radius 3 is 2.41 bits per heavy atom. The first-order valence-electron chi connectivity index (χ1n) is 10.9. The Morgan fingerprint density at radius 1 is 1.14 bits per heavy atom. The van der Waals surface area contributed by atoms with Crippen molar-refractivity contribution in [3.05, 3.63) is 47.0 Å². The lowest BCUT2D eigenvalue weighted by Crippen LogP contribution is -2.43. The third kappa shape index (κ3) is 6.05. The zero-order chi connectivity index (χ0) is 20.8. The van der Waals surface area contributed by atoms with Crippen LogP contribution in [0.15, 0.2) is 29.3 Å². The molecule has 1 saturated carbocycles. The summed E-state index contributed by atoms with van der Waals surface area (Å²) in [6, 6.07) is 9.64. The van der Waals surface area contributed by atoms with Gasteiger partial charge in [-0.1, -0.05) is 51.0 Å². The third-order valence-electron chi connectivity index (χ3n) is 5.73. The Kier molecular flexibility index (Phi) is 7.29. The molecule has 1 aromatic heterocycles. The minimum absolute atomic E-state index is 0.178. The van der Waals surface area contributed by atoms with Gasteiger partial charge in [-0.15, -0.1) is 10.2 Å². The summed E-state index contributed by atoms with van der Waals surface area (Å²) in [7, 11) is 1.99. The molecule has 3 rings (SSSR count). The average Bonchev–Trinajstić information content (AvgIpc) is 3.30. The Hall–Kier alpha value is -2.37. The molecule has 1 atom stereocenters. The summed E-state index contributed by atoms with van der Waals surface area (Å²) < 4.78 is 1.99. The predicted octanol–water partition coefficient (Wildman–Crippen LogP) is 4.06. The second kappa shape index (κ2) is 9.90. The Bertz CT molecular complexity index is 799. The lowest BCUT2D eigenvalue weighted by atomic mass is 10.00. The van der Waals surface area contributed by atoms with E-state index in [0.717, 1.165) is 24.0 Å². The quantitative estimate of drug-likeness (QED) is 0.547. The Balaban J connectivity index is 1.69. The Labute approximate surface area is 175 Å². The third-order valence-corrected chi connectivity index (χ3v) is 5.73. The number of rotatable bonds is 7. The molecule has 2 aromatic rings. The minimum Gasteiger partial charge on any atom is -0.354 e. The van der Waals surface area contributed by atoms with E-state index >= 15 is 0 Å². The van der Waals surface area contributed by atoms with Gasteiger partial charge in [0, 0.05) is 13.1 Å². The summed E-state index contributed by atoms with van der Waals surface area (Å²) in [5.41, 5.74) is 2.67. The molecule has 0 saturated heterocycles. The smallest absolute Gasteiger partial charge is 0.192 e. The highest BCUT2D eigenvalue weighted by Crippen LogP contribution is 2.19.